The lowest BCUT2D eigenvalue weighted by atomic mass is 10.2. The highest BCUT2D eigenvalue weighted by Gasteiger charge is 2.14. The maximum atomic E-state index is 10.7. The van der Waals surface area contributed by atoms with Gasteiger partial charge in [-0.05, 0) is 18.6 Å². The third kappa shape index (κ3) is 4.72. The maximum absolute atomic E-state index is 10.7. The Hall–Kier alpha value is -1.12. The second-order valence-corrected chi connectivity index (χ2v) is 6.31. The summed E-state index contributed by atoms with van der Waals surface area (Å²) < 4.78 is 21.5. The Morgan fingerprint density at radius 2 is 2.12 bits per heavy atom. The fourth-order valence-electron chi connectivity index (χ4n) is 1.16. The van der Waals surface area contributed by atoms with Gasteiger partial charge in [-0.3, -0.25) is 10.1 Å². The summed E-state index contributed by atoms with van der Waals surface area (Å²) in [5.41, 5.74) is 0.865. The Bertz CT molecular complexity index is 528. The molecule has 1 aromatic carbocycles. The molecule has 94 valence electrons. The minimum atomic E-state index is -3.53. The van der Waals surface area contributed by atoms with Crippen molar-refractivity contribution in [3.8, 4) is 0 Å². The van der Waals surface area contributed by atoms with Gasteiger partial charge in [0, 0.05) is 11.8 Å². The summed E-state index contributed by atoms with van der Waals surface area (Å²) in [7, 11) is -3.53. The molecule has 0 spiro atoms. The van der Waals surface area contributed by atoms with Crippen LogP contribution in [0.3, 0.4) is 0 Å². The van der Waals surface area contributed by atoms with Crippen LogP contribution in [-0.2, 0) is 10.0 Å². The zero-order valence-corrected chi connectivity index (χ0v) is 10.8. The van der Waals surface area contributed by atoms with Crippen LogP contribution in [0.4, 0.5) is 5.69 Å². The van der Waals surface area contributed by atoms with Crippen LogP contribution < -0.4 is 5.14 Å². The normalized spacial score (nSPS) is 11.4. The predicted octanol–water partition coefficient (Wildman–Crippen LogP) is 1.28. The van der Waals surface area contributed by atoms with Crippen LogP contribution in [-0.4, -0.2) is 24.8 Å². The van der Waals surface area contributed by atoms with Crippen molar-refractivity contribution >= 4 is 27.5 Å². The number of nitro groups is 1. The summed E-state index contributed by atoms with van der Waals surface area (Å²) in [6.07, 6.45) is 0. The lowest BCUT2D eigenvalue weighted by Crippen LogP contribution is -2.17. The van der Waals surface area contributed by atoms with E-state index in [0.29, 0.717) is 4.90 Å². The molecular weight excluding hydrogens is 264 g/mol. The molecule has 0 amide bonds. The first-order valence-corrected chi connectivity index (χ1v) is 7.38. The average Bonchev–Trinajstić information content (AvgIpc) is 2.15. The number of nitrogens with zero attached hydrogens (tertiary/aromatic N) is 1. The lowest BCUT2D eigenvalue weighted by molar-refractivity contribution is -0.387. The van der Waals surface area contributed by atoms with E-state index in [1.54, 1.807) is 12.1 Å². The van der Waals surface area contributed by atoms with Crippen molar-refractivity contribution in [2.75, 3.05) is 11.5 Å². The Labute approximate surface area is 103 Å². The first-order chi connectivity index (χ1) is 7.79. The number of aryl methyl sites for hydroxylation is 1. The summed E-state index contributed by atoms with van der Waals surface area (Å²) in [5, 5.41) is 15.6. The van der Waals surface area contributed by atoms with Gasteiger partial charge in [-0.15, -0.1) is 11.8 Å². The van der Waals surface area contributed by atoms with Gasteiger partial charge in [0.25, 0.3) is 5.69 Å². The highest BCUT2D eigenvalue weighted by molar-refractivity contribution is 8.00. The first-order valence-electron chi connectivity index (χ1n) is 4.68. The molecule has 0 aliphatic carbocycles. The number of benzene rings is 1. The molecule has 0 heterocycles. The number of rotatable bonds is 5. The van der Waals surface area contributed by atoms with Crippen molar-refractivity contribution in [2.24, 2.45) is 5.14 Å². The zero-order valence-electron chi connectivity index (χ0n) is 9.12. The van der Waals surface area contributed by atoms with E-state index in [9.17, 15) is 18.5 Å². The molecule has 0 bridgehead atoms. The van der Waals surface area contributed by atoms with E-state index in [0.717, 1.165) is 17.3 Å². The molecule has 0 saturated carbocycles. The van der Waals surface area contributed by atoms with Crippen LogP contribution in [0, 0.1) is 17.0 Å². The second kappa shape index (κ2) is 5.48. The number of hydrogen-bond acceptors (Lipinski definition) is 5. The van der Waals surface area contributed by atoms with Crippen molar-refractivity contribution in [1.82, 2.24) is 0 Å². The number of hydrogen-bond donors (Lipinski definition) is 1. The van der Waals surface area contributed by atoms with Gasteiger partial charge in [0.2, 0.25) is 10.0 Å². The molecule has 0 radical (unpaired) electrons. The van der Waals surface area contributed by atoms with Gasteiger partial charge in [0.15, 0.2) is 0 Å². The van der Waals surface area contributed by atoms with E-state index in [2.05, 4.69) is 0 Å². The van der Waals surface area contributed by atoms with Crippen molar-refractivity contribution in [2.45, 2.75) is 11.8 Å². The second-order valence-electron chi connectivity index (χ2n) is 3.44. The monoisotopic (exact) mass is 276 g/mol. The molecule has 1 rings (SSSR count). The topological polar surface area (TPSA) is 103 Å². The number of nitrogens with two attached hydrogens (primary N) is 1. The zero-order chi connectivity index (χ0) is 13.1. The standard InChI is InChI=1S/C9H12N2O4S2/c1-7-2-3-8(11(12)13)9(6-7)16-4-5-17(10,14)15/h2-3,6H,4-5H2,1H3,(H2,10,14,15). The molecule has 0 fully saturated rings. The average molecular weight is 276 g/mol. The summed E-state index contributed by atoms with van der Waals surface area (Å²) >= 11 is 1.12. The fourth-order valence-corrected chi connectivity index (χ4v) is 3.20. The van der Waals surface area contributed by atoms with Crippen LogP contribution in [0.2, 0.25) is 0 Å². The lowest BCUT2D eigenvalue weighted by Gasteiger charge is -2.03. The van der Waals surface area contributed by atoms with Crippen LogP contribution in [0.1, 0.15) is 5.56 Å². The van der Waals surface area contributed by atoms with Gasteiger partial charge < -0.3 is 0 Å². The Morgan fingerprint density at radius 3 is 2.65 bits per heavy atom. The van der Waals surface area contributed by atoms with Crippen molar-refractivity contribution in [3.05, 3.63) is 33.9 Å². The first kappa shape index (κ1) is 13.9. The van der Waals surface area contributed by atoms with Gasteiger partial charge in [-0.2, -0.15) is 0 Å². The summed E-state index contributed by atoms with van der Waals surface area (Å²) in [5.74, 6) is -0.00805. The van der Waals surface area contributed by atoms with E-state index in [4.69, 9.17) is 5.14 Å². The van der Waals surface area contributed by atoms with E-state index in [-0.39, 0.29) is 17.2 Å². The number of sulfonamides is 1. The largest absolute Gasteiger partial charge is 0.282 e. The molecule has 6 nitrogen and oxygen atoms in total. The van der Waals surface area contributed by atoms with Crippen molar-refractivity contribution in [3.63, 3.8) is 0 Å². The van der Waals surface area contributed by atoms with Crippen molar-refractivity contribution < 1.29 is 13.3 Å². The summed E-state index contributed by atoms with van der Waals surface area (Å²) in [6, 6.07) is 4.71. The minimum Gasteiger partial charge on any atom is -0.258 e. The van der Waals surface area contributed by atoms with Gasteiger partial charge in [0.05, 0.1) is 15.6 Å². The molecular formula is C9H12N2O4S2. The van der Waals surface area contributed by atoms with Gasteiger partial charge in [0.1, 0.15) is 0 Å². The number of thioether (sulfide) groups is 1. The molecule has 0 aliphatic heterocycles. The maximum Gasteiger partial charge on any atom is 0.282 e. The number of nitro benzene ring substituents is 1. The highest BCUT2D eigenvalue weighted by Crippen LogP contribution is 2.29. The van der Waals surface area contributed by atoms with Crippen LogP contribution in [0.15, 0.2) is 23.1 Å². The van der Waals surface area contributed by atoms with Gasteiger partial charge in [-0.25, -0.2) is 13.6 Å². The molecule has 1 aromatic rings. The van der Waals surface area contributed by atoms with Gasteiger partial charge >= 0.3 is 0 Å². The SMILES string of the molecule is Cc1ccc([N+](=O)[O-])c(SCCS(N)(=O)=O)c1. The van der Waals surface area contributed by atoms with E-state index < -0.39 is 14.9 Å². The predicted molar refractivity (Wildman–Crippen MR) is 66.5 cm³/mol. The third-order valence-corrected chi connectivity index (χ3v) is 4.02. The summed E-state index contributed by atoms with van der Waals surface area (Å²) in [4.78, 5) is 10.7. The van der Waals surface area contributed by atoms with Crippen molar-refractivity contribution in [1.29, 1.82) is 0 Å². The fraction of sp³-hybridized carbons (Fsp3) is 0.333. The van der Waals surface area contributed by atoms with Crippen LogP contribution >= 0.6 is 11.8 Å². The molecule has 0 saturated heterocycles. The molecule has 0 aliphatic rings. The quantitative estimate of drug-likeness (QED) is 0.495. The highest BCUT2D eigenvalue weighted by atomic mass is 32.2. The Kier molecular flexibility index (Phi) is 4.49. The molecule has 17 heavy (non-hydrogen) atoms. The van der Waals surface area contributed by atoms with E-state index in [1.807, 2.05) is 6.92 Å². The van der Waals surface area contributed by atoms with Crippen LogP contribution in [0.25, 0.3) is 0 Å². The Balaban J connectivity index is 2.82. The molecule has 0 atom stereocenters. The minimum absolute atomic E-state index is 0.0185. The smallest absolute Gasteiger partial charge is 0.258 e. The summed E-state index contributed by atoms with van der Waals surface area (Å²) in [6.45, 7) is 1.81. The molecule has 0 aromatic heterocycles. The molecule has 0 unspecified atom stereocenters. The van der Waals surface area contributed by atoms with E-state index in [1.165, 1.54) is 6.07 Å². The molecule has 2 N–H and O–H groups in total. The van der Waals surface area contributed by atoms with E-state index >= 15 is 0 Å². The third-order valence-electron chi connectivity index (χ3n) is 1.94. The van der Waals surface area contributed by atoms with Crippen LogP contribution in [0.5, 0.6) is 0 Å². The van der Waals surface area contributed by atoms with Gasteiger partial charge in [-0.1, -0.05) is 6.07 Å². The number of primary sulfonamides is 1. The molecule has 8 heteroatoms. The Morgan fingerprint density at radius 1 is 1.47 bits per heavy atom.